The summed E-state index contributed by atoms with van der Waals surface area (Å²) in [6.07, 6.45) is 0. The van der Waals surface area contributed by atoms with Crippen LogP contribution in [0.3, 0.4) is 0 Å². The summed E-state index contributed by atoms with van der Waals surface area (Å²) < 4.78 is 37.5. The maximum absolute atomic E-state index is 13.0. The summed E-state index contributed by atoms with van der Waals surface area (Å²) in [6, 6.07) is 12.5. The number of carbonyl (C=O) groups is 1. The second kappa shape index (κ2) is 8.38. The quantitative estimate of drug-likeness (QED) is 0.596. The number of ether oxygens (including phenoxy) is 1. The van der Waals surface area contributed by atoms with Crippen LogP contribution in [0.1, 0.15) is 35.9 Å². The average molecular weight is 445 g/mol. The number of rotatable bonds is 7. The van der Waals surface area contributed by atoms with Crippen molar-refractivity contribution in [2.75, 3.05) is 18.5 Å². The molecule has 31 heavy (non-hydrogen) atoms. The van der Waals surface area contributed by atoms with E-state index in [-0.39, 0.29) is 4.90 Å². The third-order valence-corrected chi connectivity index (χ3v) is 6.50. The van der Waals surface area contributed by atoms with Gasteiger partial charge in [-0.2, -0.15) is 4.98 Å². The van der Waals surface area contributed by atoms with Gasteiger partial charge in [-0.3, -0.25) is 9.10 Å². The van der Waals surface area contributed by atoms with Crippen molar-refractivity contribution in [2.24, 2.45) is 0 Å². The molecule has 0 saturated heterocycles. The Morgan fingerprint density at radius 1 is 1.13 bits per heavy atom. The molecule has 0 bridgehead atoms. The van der Waals surface area contributed by atoms with Gasteiger partial charge in [-0.25, -0.2) is 8.42 Å². The number of aromatic nitrogens is 2. The highest BCUT2D eigenvalue weighted by Gasteiger charge is 2.29. The molecule has 0 spiro atoms. The number of methoxy groups -OCH3 is 1. The predicted molar refractivity (Wildman–Crippen MR) is 115 cm³/mol. The lowest BCUT2D eigenvalue weighted by atomic mass is 10.0. The first-order valence-electron chi connectivity index (χ1n) is 9.41. The van der Waals surface area contributed by atoms with Gasteiger partial charge in [0.05, 0.1) is 23.2 Å². The molecule has 0 saturated carbocycles. The van der Waals surface area contributed by atoms with E-state index in [0.29, 0.717) is 28.7 Å². The number of nitrogens with one attached hydrogen (secondary N) is 1. The van der Waals surface area contributed by atoms with E-state index < -0.39 is 21.5 Å². The molecule has 0 atom stereocenters. The SMILES string of the molecule is COc1ccccc1N(C)S(=O)(=O)c1ccc(C(=O)NC(C)(C)c2noc(C)n2)cc1. The van der Waals surface area contributed by atoms with E-state index in [1.807, 2.05) is 0 Å². The molecule has 0 fully saturated rings. The van der Waals surface area contributed by atoms with Gasteiger partial charge in [0.15, 0.2) is 5.82 Å². The van der Waals surface area contributed by atoms with Crippen LogP contribution in [0.4, 0.5) is 5.69 Å². The Bertz CT molecular complexity index is 1190. The van der Waals surface area contributed by atoms with Gasteiger partial charge in [-0.05, 0) is 50.2 Å². The molecule has 0 radical (unpaired) electrons. The van der Waals surface area contributed by atoms with Gasteiger partial charge < -0.3 is 14.6 Å². The van der Waals surface area contributed by atoms with Crippen LogP contribution in [-0.4, -0.2) is 38.6 Å². The van der Waals surface area contributed by atoms with Crippen molar-refractivity contribution in [3.63, 3.8) is 0 Å². The Labute approximate surface area is 181 Å². The molecule has 9 nitrogen and oxygen atoms in total. The van der Waals surface area contributed by atoms with E-state index in [0.717, 1.165) is 4.31 Å². The topological polar surface area (TPSA) is 115 Å². The number of carbonyl (C=O) groups excluding carboxylic acids is 1. The highest BCUT2D eigenvalue weighted by molar-refractivity contribution is 7.92. The number of nitrogens with zero attached hydrogens (tertiary/aromatic N) is 3. The van der Waals surface area contributed by atoms with Crippen molar-refractivity contribution in [3.05, 3.63) is 65.8 Å². The number of sulfonamides is 1. The average Bonchev–Trinajstić information content (AvgIpc) is 3.20. The third-order valence-electron chi connectivity index (χ3n) is 4.71. The fourth-order valence-electron chi connectivity index (χ4n) is 2.92. The second-order valence-corrected chi connectivity index (χ2v) is 9.35. The van der Waals surface area contributed by atoms with Gasteiger partial charge in [-0.1, -0.05) is 17.3 Å². The minimum absolute atomic E-state index is 0.0468. The molecule has 3 aromatic rings. The van der Waals surface area contributed by atoms with Crippen molar-refractivity contribution in [2.45, 2.75) is 31.2 Å². The molecule has 2 aromatic carbocycles. The molecular formula is C21H24N4O5S. The molecule has 1 amide bonds. The Morgan fingerprint density at radius 2 is 1.77 bits per heavy atom. The van der Waals surface area contributed by atoms with Gasteiger partial charge in [0, 0.05) is 19.5 Å². The second-order valence-electron chi connectivity index (χ2n) is 7.38. The number of benzene rings is 2. The summed E-state index contributed by atoms with van der Waals surface area (Å²) in [5.74, 6) is 0.778. The van der Waals surface area contributed by atoms with Crippen LogP contribution in [0.2, 0.25) is 0 Å². The molecule has 1 N–H and O–H groups in total. The molecule has 0 unspecified atom stereocenters. The van der Waals surface area contributed by atoms with Gasteiger partial charge >= 0.3 is 0 Å². The smallest absolute Gasteiger partial charge is 0.264 e. The van der Waals surface area contributed by atoms with Crippen molar-refractivity contribution in [1.29, 1.82) is 0 Å². The fourth-order valence-corrected chi connectivity index (χ4v) is 4.13. The van der Waals surface area contributed by atoms with Crippen molar-refractivity contribution >= 4 is 21.6 Å². The van der Waals surface area contributed by atoms with Crippen LogP contribution >= 0.6 is 0 Å². The standard InChI is InChI=1S/C21H24N4O5S/c1-14-22-20(24-30-14)21(2,3)23-19(26)15-10-12-16(13-11-15)31(27,28)25(4)17-8-6-7-9-18(17)29-5/h6-13H,1-5H3,(H,23,26). The predicted octanol–water partition coefficient (Wildman–Crippen LogP) is 2.88. The first-order chi connectivity index (χ1) is 14.6. The Kier molecular flexibility index (Phi) is 6.03. The van der Waals surface area contributed by atoms with Crippen LogP contribution in [0.5, 0.6) is 5.75 Å². The minimum atomic E-state index is -3.85. The first kappa shape index (κ1) is 22.3. The highest BCUT2D eigenvalue weighted by Crippen LogP contribution is 2.31. The lowest BCUT2D eigenvalue weighted by Gasteiger charge is -2.23. The van der Waals surface area contributed by atoms with Crippen LogP contribution in [0.25, 0.3) is 0 Å². The maximum atomic E-state index is 13.0. The molecule has 164 valence electrons. The first-order valence-corrected chi connectivity index (χ1v) is 10.9. The lowest BCUT2D eigenvalue weighted by molar-refractivity contribution is 0.0907. The van der Waals surface area contributed by atoms with E-state index in [9.17, 15) is 13.2 Å². The van der Waals surface area contributed by atoms with E-state index in [4.69, 9.17) is 9.26 Å². The molecule has 0 aliphatic rings. The van der Waals surface area contributed by atoms with Crippen LogP contribution in [0, 0.1) is 6.92 Å². The molecule has 3 rings (SSSR count). The van der Waals surface area contributed by atoms with Crippen molar-refractivity contribution in [3.8, 4) is 5.75 Å². The summed E-state index contributed by atoms with van der Waals surface area (Å²) in [7, 11) is -0.929. The molecule has 0 aliphatic carbocycles. The third kappa shape index (κ3) is 4.53. The Balaban J connectivity index is 1.81. The summed E-state index contributed by atoms with van der Waals surface area (Å²) in [6.45, 7) is 5.15. The summed E-state index contributed by atoms with van der Waals surface area (Å²) in [4.78, 5) is 16.9. The minimum Gasteiger partial charge on any atom is -0.495 e. The van der Waals surface area contributed by atoms with E-state index in [1.54, 1.807) is 45.0 Å². The molecule has 1 aromatic heterocycles. The number of anilines is 1. The summed E-state index contributed by atoms with van der Waals surface area (Å²) in [5, 5.41) is 6.67. The summed E-state index contributed by atoms with van der Waals surface area (Å²) in [5.41, 5.74) is -0.167. The highest BCUT2D eigenvalue weighted by atomic mass is 32.2. The summed E-state index contributed by atoms with van der Waals surface area (Å²) >= 11 is 0. The van der Waals surface area contributed by atoms with E-state index >= 15 is 0 Å². The fraction of sp³-hybridized carbons (Fsp3) is 0.286. The van der Waals surface area contributed by atoms with Gasteiger partial charge in [0.1, 0.15) is 5.75 Å². The van der Waals surface area contributed by atoms with E-state index in [1.165, 1.54) is 38.4 Å². The van der Waals surface area contributed by atoms with Crippen molar-refractivity contribution in [1.82, 2.24) is 15.5 Å². The van der Waals surface area contributed by atoms with Crippen molar-refractivity contribution < 1.29 is 22.5 Å². The van der Waals surface area contributed by atoms with Gasteiger partial charge in [0.25, 0.3) is 15.9 Å². The molecule has 10 heteroatoms. The van der Waals surface area contributed by atoms with Crippen LogP contribution in [0.15, 0.2) is 57.9 Å². The van der Waals surface area contributed by atoms with Gasteiger partial charge in [0.2, 0.25) is 5.89 Å². The Hall–Kier alpha value is -3.40. The maximum Gasteiger partial charge on any atom is 0.264 e. The lowest BCUT2D eigenvalue weighted by Crippen LogP contribution is -2.41. The largest absolute Gasteiger partial charge is 0.495 e. The number of aryl methyl sites for hydroxylation is 1. The van der Waals surface area contributed by atoms with E-state index in [2.05, 4.69) is 15.5 Å². The zero-order valence-electron chi connectivity index (χ0n) is 17.9. The molecular weight excluding hydrogens is 420 g/mol. The number of para-hydroxylation sites is 2. The molecule has 0 aliphatic heterocycles. The van der Waals surface area contributed by atoms with Crippen LogP contribution in [-0.2, 0) is 15.6 Å². The Morgan fingerprint density at radius 3 is 2.35 bits per heavy atom. The number of hydrogen-bond acceptors (Lipinski definition) is 7. The van der Waals surface area contributed by atoms with Gasteiger partial charge in [-0.15, -0.1) is 0 Å². The van der Waals surface area contributed by atoms with Crippen LogP contribution < -0.4 is 14.4 Å². The normalized spacial score (nSPS) is 11.8. The molecule has 1 heterocycles. The zero-order valence-corrected chi connectivity index (χ0v) is 18.7. The number of amides is 1. The number of hydrogen-bond donors (Lipinski definition) is 1. The zero-order chi connectivity index (χ0) is 22.8. The monoisotopic (exact) mass is 444 g/mol.